The number of nitriles is 1. The van der Waals surface area contributed by atoms with Gasteiger partial charge in [-0.05, 0) is 62.4 Å². The lowest BCUT2D eigenvalue weighted by molar-refractivity contribution is 0.178. The zero-order valence-electron chi connectivity index (χ0n) is 21.4. The average Bonchev–Trinajstić information content (AvgIpc) is 3.63. The Balaban J connectivity index is 1.32. The van der Waals surface area contributed by atoms with E-state index in [1.54, 1.807) is 18.2 Å². The summed E-state index contributed by atoms with van der Waals surface area (Å²) in [6.45, 7) is 5.43. The smallest absolute Gasteiger partial charge is 0.258 e. The summed E-state index contributed by atoms with van der Waals surface area (Å²) in [5.41, 5.74) is 3.70. The van der Waals surface area contributed by atoms with E-state index in [0.29, 0.717) is 61.6 Å². The normalized spacial score (nSPS) is 19.6. The molecule has 1 aliphatic heterocycles. The number of β-amino-alcohol motifs (C(OH)–C–C–N with tert-alkyl or cyclic N) is 1. The molecule has 2 unspecified atom stereocenters. The molecule has 1 aromatic heterocycles. The zero-order valence-corrected chi connectivity index (χ0v) is 22.2. The van der Waals surface area contributed by atoms with Crippen molar-refractivity contribution in [2.45, 2.75) is 51.4 Å². The molecule has 11 heteroatoms. The Morgan fingerprint density at radius 2 is 2.13 bits per heavy atom. The molecule has 2 N–H and O–H groups in total. The van der Waals surface area contributed by atoms with Crippen LogP contribution in [0.2, 0.25) is 0 Å². The van der Waals surface area contributed by atoms with E-state index in [4.69, 9.17) is 9.26 Å². The van der Waals surface area contributed by atoms with E-state index in [1.807, 2.05) is 36.9 Å². The first-order valence-electron chi connectivity index (χ1n) is 12.8. The Morgan fingerprint density at radius 1 is 1.29 bits per heavy atom. The number of fused-ring (bicyclic) bond motifs is 1. The minimum Gasteiger partial charge on any atom is -0.490 e. The van der Waals surface area contributed by atoms with E-state index >= 15 is 0 Å². The molecule has 0 radical (unpaired) electrons. The molecule has 200 valence electrons. The standard InChI is InChI=1S/C27H31N5O5S/c1-17(2)36-25-9-6-18(14-19(25)15-28)27-29-26(30-37-27)23-5-3-4-22-21(23)7-8-24(22)31-38(34,35)13-12-32-11-10-20(33)16-32/h3-6,9,14,17,20,24,31,33H,7-8,10-13,16H2,1-2H3. The fraction of sp³-hybridized carbons (Fsp3) is 0.444. The van der Waals surface area contributed by atoms with Gasteiger partial charge in [-0.1, -0.05) is 23.4 Å². The Bertz CT molecular complexity index is 1460. The highest BCUT2D eigenvalue weighted by molar-refractivity contribution is 7.89. The molecule has 2 aromatic carbocycles. The first kappa shape index (κ1) is 26.3. The van der Waals surface area contributed by atoms with Crippen LogP contribution in [0.25, 0.3) is 22.8 Å². The maximum atomic E-state index is 12.8. The van der Waals surface area contributed by atoms with Crippen LogP contribution in [-0.2, 0) is 16.4 Å². The van der Waals surface area contributed by atoms with Gasteiger partial charge in [0.1, 0.15) is 11.8 Å². The second-order valence-electron chi connectivity index (χ2n) is 10.1. The van der Waals surface area contributed by atoms with Crippen molar-refractivity contribution in [3.63, 3.8) is 0 Å². The van der Waals surface area contributed by atoms with Crippen molar-refractivity contribution in [2.24, 2.45) is 0 Å². The number of sulfonamides is 1. The molecular formula is C27H31N5O5S. The zero-order chi connectivity index (χ0) is 26.9. The summed E-state index contributed by atoms with van der Waals surface area (Å²) in [7, 11) is -3.50. The van der Waals surface area contributed by atoms with Crippen LogP contribution in [-0.4, -0.2) is 66.2 Å². The molecule has 2 heterocycles. The second kappa shape index (κ2) is 10.8. The SMILES string of the molecule is CC(C)Oc1ccc(-c2nc(-c3cccc4c3CCC4NS(=O)(=O)CCN3CCC(O)C3)no2)cc1C#N. The topological polar surface area (TPSA) is 142 Å². The summed E-state index contributed by atoms with van der Waals surface area (Å²) < 4.78 is 39.7. The fourth-order valence-corrected chi connectivity index (χ4v) is 6.38. The van der Waals surface area contributed by atoms with Crippen molar-refractivity contribution in [3.05, 3.63) is 53.1 Å². The summed E-state index contributed by atoms with van der Waals surface area (Å²) in [5, 5.41) is 23.4. The monoisotopic (exact) mass is 537 g/mol. The molecule has 5 rings (SSSR count). The van der Waals surface area contributed by atoms with Crippen LogP contribution in [0.15, 0.2) is 40.9 Å². The quantitative estimate of drug-likeness (QED) is 0.421. The van der Waals surface area contributed by atoms with Crippen molar-refractivity contribution < 1.29 is 22.8 Å². The highest BCUT2D eigenvalue weighted by Crippen LogP contribution is 2.38. The number of rotatable bonds is 9. The third-order valence-electron chi connectivity index (χ3n) is 6.89. The number of nitrogens with one attached hydrogen (secondary N) is 1. The van der Waals surface area contributed by atoms with Gasteiger partial charge < -0.3 is 14.4 Å². The largest absolute Gasteiger partial charge is 0.490 e. The highest BCUT2D eigenvalue weighted by Gasteiger charge is 2.30. The van der Waals surface area contributed by atoms with E-state index < -0.39 is 10.0 Å². The van der Waals surface area contributed by atoms with Crippen molar-refractivity contribution in [3.8, 4) is 34.7 Å². The number of nitrogens with zero attached hydrogens (tertiary/aromatic N) is 4. The molecule has 0 bridgehead atoms. The maximum Gasteiger partial charge on any atom is 0.258 e. The Kier molecular flexibility index (Phi) is 7.49. The predicted molar refractivity (Wildman–Crippen MR) is 141 cm³/mol. The second-order valence-corrected chi connectivity index (χ2v) is 11.9. The van der Waals surface area contributed by atoms with Crippen LogP contribution >= 0.6 is 0 Å². The summed E-state index contributed by atoms with van der Waals surface area (Å²) >= 11 is 0. The van der Waals surface area contributed by atoms with Crippen LogP contribution in [0, 0.1) is 11.3 Å². The lowest BCUT2D eigenvalue weighted by Crippen LogP contribution is -2.35. The Labute approximate surface area is 222 Å². The van der Waals surface area contributed by atoms with E-state index in [9.17, 15) is 18.8 Å². The van der Waals surface area contributed by atoms with Gasteiger partial charge in [0.2, 0.25) is 15.8 Å². The van der Waals surface area contributed by atoms with Gasteiger partial charge in [0, 0.05) is 36.8 Å². The van der Waals surface area contributed by atoms with Crippen LogP contribution in [0.5, 0.6) is 5.75 Å². The molecule has 0 spiro atoms. The molecule has 3 aromatic rings. The molecule has 1 fully saturated rings. The maximum absolute atomic E-state index is 12.8. The molecule has 1 saturated heterocycles. The number of likely N-dealkylation sites (tertiary alicyclic amines) is 1. The van der Waals surface area contributed by atoms with Gasteiger partial charge >= 0.3 is 0 Å². The molecule has 38 heavy (non-hydrogen) atoms. The van der Waals surface area contributed by atoms with E-state index in [0.717, 1.165) is 16.7 Å². The number of aliphatic hydroxyl groups is 1. The molecule has 0 saturated carbocycles. The summed E-state index contributed by atoms with van der Waals surface area (Å²) in [4.78, 5) is 6.56. The lowest BCUT2D eigenvalue weighted by atomic mass is 10.0. The summed E-state index contributed by atoms with van der Waals surface area (Å²) in [6, 6.07) is 12.7. The van der Waals surface area contributed by atoms with E-state index in [1.165, 1.54) is 0 Å². The van der Waals surface area contributed by atoms with Crippen molar-refractivity contribution >= 4 is 10.0 Å². The molecule has 0 amide bonds. The van der Waals surface area contributed by atoms with Crippen molar-refractivity contribution in [2.75, 3.05) is 25.4 Å². The predicted octanol–water partition coefficient (Wildman–Crippen LogP) is 3.04. The van der Waals surface area contributed by atoms with Gasteiger partial charge in [-0.2, -0.15) is 10.2 Å². The van der Waals surface area contributed by atoms with Crippen LogP contribution in [0.3, 0.4) is 0 Å². The van der Waals surface area contributed by atoms with Gasteiger partial charge in [-0.15, -0.1) is 0 Å². The van der Waals surface area contributed by atoms with Crippen molar-refractivity contribution in [1.82, 2.24) is 19.8 Å². The first-order chi connectivity index (χ1) is 18.2. The van der Waals surface area contributed by atoms with Gasteiger partial charge in [0.25, 0.3) is 5.89 Å². The summed E-state index contributed by atoms with van der Waals surface area (Å²) in [6.07, 6.45) is 1.57. The van der Waals surface area contributed by atoms with Gasteiger partial charge in [0.15, 0.2) is 0 Å². The Hall–Kier alpha value is -3.30. The van der Waals surface area contributed by atoms with E-state index in [-0.39, 0.29) is 29.9 Å². The number of hydrogen-bond donors (Lipinski definition) is 2. The molecular weight excluding hydrogens is 506 g/mol. The van der Waals surface area contributed by atoms with Crippen molar-refractivity contribution in [1.29, 1.82) is 5.26 Å². The first-order valence-corrected chi connectivity index (χ1v) is 14.4. The molecule has 2 aliphatic rings. The lowest BCUT2D eigenvalue weighted by Gasteiger charge is -2.18. The third-order valence-corrected chi connectivity index (χ3v) is 8.26. The molecule has 1 aliphatic carbocycles. The molecule has 10 nitrogen and oxygen atoms in total. The Morgan fingerprint density at radius 3 is 2.87 bits per heavy atom. The van der Waals surface area contributed by atoms with Crippen LogP contribution in [0.1, 0.15) is 49.4 Å². The molecule has 2 atom stereocenters. The minimum absolute atomic E-state index is 0.00880. The average molecular weight is 538 g/mol. The third kappa shape index (κ3) is 5.73. The number of hydrogen-bond acceptors (Lipinski definition) is 9. The van der Waals surface area contributed by atoms with Gasteiger partial charge in [0.05, 0.1) is 23.5 Å². The van der Waals surface area contributed by atoms with Gasteiger partial charge in [-0.3, -0.25) is 4.90 Å². The fourth-order valence-electron chi connectivity index (χ4n) is 5.08. The number of benzene rings is 2. The van der Waals surface area contributed by atoms with Crippen LogP contribution in [0.4, 0.5) is 0 Å². The number of aliphatic hydroxyl groups excluding tert-OH is 1. The minimum atomic E-state index is -3.50. The number of aromatic nitrogens is 2. The number of ether oxygens (including phenoxy) is 1. The van der Waals surface area contributed by atoms with Crippen LogP contribution < -0.4 is 9.46 Å². The summed E-state index contributed by atoms with van der Waals surface area (Å²) in [5.74, 6) is 1.19. The van der Waals surface area contributed by atoms with Gasteiger partial charge in [-0.25, -0.2) is 13.1 Å². The highest BCUT2D eigenvalue weighted by atomic mass is 32.2. The van der Waals surface area contributed by atoms with E-state index in [2.05, 4.69) is 20.9 Å².